The Balaban J connectivity index is 1.76. The Morgan fingerprint density at radius 1 is 1.10 bits per heavy atom. The molecule has 29 heavy (non-hydrogen) atoms. The van der Waals surface area contributed by atoms with Gasteiger partial charge in [0.05, 0.1) is 16.7 Å². The van der Waals surface area contributed by atoms with Crippen LogP contribution in [0.3, 0.4) is 0 Å². The van der Waals surface area contributed by atoms with E-state index in [4.69, 9.17) is 0 Å². The van der Waals surface area contributed by atoms with Crippen LogP contribution in [0.4, 0.5) is 5.69 Å². The number of benzene rings is 2. The number of hydrogen-bond acceptors (Lipinski definition) is 4. The van der Waals surface area contributed by atoms with E-state index in [-0.39, 0.29) is 17.2 Å². The van der Waals surface area contributed by atoms with Crippen LogP contribution in [0.1, 0.15) is 32.6 Å². The summed E-state index contributed by atoms with van der Waals surface area (Å²) in [6, 6.07) is 14.8. The monoisotopic (exact) mass is 473 g/mol. The highest BCUT2D eigenvalue weighted by Gasteiger charge is 2.13. The van der Waals surface area contributed by atoms with Crippen molar-refractivity contribution in [2.75, 3.05) is 11.1 Å². The molecule has 0 bridgehead atoms. The summed E-state index contributed by atoms with van der Waals surface area (Å²) in [5.74, 6) is 0.0627. The summed E-state index contributed by atoms with van der Waals surface area (Å²) in [6.45, 7) is 2.78. The maximum absolute atomic E-state index is 13.0. The highest BCUT2D eigenvalue weighted by atomic mass is 79.9. The molecule has 1 aromatic heterocycles. The minimum absolute atomic E-state index is 0.0390. The SMILES string of the molecule is CCCCCCn1c(SCC(=O)Nc2ccc(Br)cc2)nc2ccccc2c1=O. The lowest BCUT2D eigenvalue weighted by Gasteiger charge is -2.13. The predicted octanol–water partition coefficient (Wildman–Crippen LogP) is 5.47. The van der Waals surface area contributed by atoms with E-state index in [0.717, 1.165) is 35.8 Å². The summed E-state index contributed by atoms with van der Waals surface area (Å²) in [4.78, 5) is 30.0. The third-order valence-electron chi connectivity index (χ3n) is 4.52. The van der Waals surface area contributed by atoms with E-state index in [1.54, 1.807) is 4.57 Å². The second kappa shape index (κ2) is 10.6. The van der Waals surface area contributed by atoms with Crippen LogP contribution in [0.15, 0.2) is 63.0 Å². The van der Waals surface area contributed by atoms with Crippen molar-refractivity contribution in [3.05, 3.63) is 63.4 Å². The van der Waals surface area contributed by atoms with Crippen LogP contribution in [-0.2, 0) is 11.3 Å². The van der Waals surface area contributed by atoms with Crippen LogP contribution in [0.2, 0.25) is 0 Å². The summed E-state index contributed by atoms with van der Waals surface area (Å²) in [6.07, 6.45) is 4.28. The smallest absolute Gasteiger partial charge is 0.262 e. The number of fused-ring (bicyclic) bond motifs is 1. The molecule has 0 aliphatic rings. The number of nitrogens with zero attached hydrogens (tertiary/aromatic N) is 2. The van der Waals surface area contributed by atoms with Gasteiger partial charge in [-0.2, -0.15) is 0 Å². The van der Waals surface area contributed by atoms with Gasteiger partial charge in [-0.1, -0.05) is 66.0 Å². The molecule has 5 nitrogen and oxygen atoms in total. The Labute approximate surface area is 183 Å². The number of anilines is 1. The van der Waals surface area contributed by atoms with Gasteiger partial charge >= 0.3 is 0 Å². The first-order valence-corrected chi connectivity index (χ1v) is 11.5. The van der Waals surface area contributed by atoms with Crippen LogP contribution in [0.5, 0.6) is 0 Å². The van der Waals surface area contributed by atoms with Gasteiger partial charge in [0.25, 0.3) is 5.56 Å². The van der Waals surface area contributed by atoms with Crippen molar-refractivity contribution in [3.63, 3.8) is 0 Å². The number of hydrogen-bond donors (Lipinski definition) is 1. The molecule has 0 atom stereocenters. The minimum atomic E-state index is -0.128. The Morgan fingerprint density at radius 2 is 1.86 bits per heavy atom. The maximum Gasteiger partial charge on any atom is 0.262 e. The van der Waals surface area contributed by atoms with Crippen molar-refractivity contribution in [1.29, 1.82) is 0 Å². The molecule has 1 heterocycles. The fourth-order valence-corrected chi connectivity index (χ4v) is 4.10. The van der Waals surface area contributed by atoms with Gasteiger partial charge < -0.3 is 5.32 Å². The highest BCUT2D eigenvalue weighted by molar-refractivity contribution is 9.10. The molecule has 3 aromatic rings. The number of unbranched alkanes of at least 4 members (excludes halogenated alkanes) is 3. The van der Waals surface area contributed by atoms with E-state index in [0.29, 0.717) is 22.6 Å². The molecule has 0 aliphatic heterocycles. The maximum atomic E-state index is 13.0. The Morgan fingerprint density at radius 3 is 2.62 bits per heavy atom. The predicted molar refractivity (Wildman–Crippen MR) is 124 cm³/mol. The molecule has 0 saturated heterocycles. The van der Waals surface area contributed by atoms with Crippen molar-refractivity contribution in [3.8, 4) is 0 Å². The second-order valence-electron chi connectivity index (χ2n) is 6.77. The minimum Gasteiger partial charge on any atom is -0.325 e. The normalized spacial score (nSPS) is 11.0. The van der Waals surface area contributed by atoms with Crippen LogP contribution < -0.4 is 10.9 Å². The van der Waals surface area contributed by atoms with Crippen molar-refractivity contribution >= 4 is 50.2 Å². The van der Waals surface area contributed by atoms with Crippen LogP contribution in [-0.4, -0.2) is 21.2 Å². The van der Waals surface area contributed by atoms with Crippen molar-refractivity contribution in [2.45, 2.75) is 44.3 Å². The lowest BCUT2D eigenvalue weighted by molar-refractivity contribution is -0.113. The zero-order valence-corrected chi connectivity index (χ0v) is 18.8. The molecule has 0 saturated carbocycles. The molecule has 3 rings (SSSR count). The van der Waals surface area contributed by atoms with E-state index in [1.165, 1.54) is 11.8 Å². The fraction of sp³-hybridized carbons (Fsp3) is 0.318. The van der Waals surface area contributed by atoms with E-state index in [9.17, 15) is 9.59 Å². The number of aromatic nitrogens is 2. The number of halogens is 1. The average molecular weight is 474 g/mol. The van der Waals surface area contributed by atoms with Crippen LogP contribution >= 0.6 is 27.7 Å². The summed E-state index contributed by atoms with van der Waals surface area (Å²) < 4.78 is 2.67. The number of para-hydroxylation sites is 1. The van der Waals surface area contributed by atoms with Crippen molar-refractivity contribution in [1.82, 2.24) is 9.55 Å². The van der Waals surface area contributed by atoms with Gasteiger partial charge in [-0.05, 0) is 42.8 Å². The Kier molecular flexibility index (Phi) is 7.89. The third kappa shape index (κ3) is 5.93. The molecule has 1 N–H and O–H groups in total. The van der Waals surface area contributed by atoms with Gasteiger partial charge in [-0.3, -0.25) is 14.2 Å². The summed E-state index contributed by atoms with van der Waals surface area (Å²) >= 11 is 4.68. The quantitative estimate of drug-likeness (QED) is 0.254. The topological polar surface area (TPSA) is 64.0 Å². The average Bonchev–Trinajstić information content (AvgIpc) is 2.73. The largest absolute Gasteiger partial charge is 0.325 e. The Hall–Kier alpha value is -2.12. The molecule has 0 unspecified atom stereocenters. The number of thioether (sulfide) groups is 1. The second-order valence-corrected chi connectivity index (χ2v) is 8.63. The van der Waals surface area contributed by atoms with Crippen LogP contribution in [0, 0.1) is 0 Å². The van der Waals surface area contributed by atoms with Crippen molar-refractivity contribution < 1.29 is 4.79 Å². The molecule has 7 heteroatoms. The number of carbonyl (C=O) groups excluding carboxylic acids is 1. The first-order valence-electron chi connectivity index (χ1n) is 9.76. The number of carbonyl (C=O) groups is 1. The third-order valence-corrected chi connectivity index (χ3v) is 6.03. The lowest BCUT2D eigenvalue weighted by atomic mass is 10.2. The Bertz CT molecular complexity index is 1030. The molecular formula is C22H24BrN3O2S. The molecule has 0 aliphatic carbocycles. The molecule has 0 fully saturated rings. The van der Waals surface area contributed by atoms with Crippen LogP contribution in [0.25, 0.3) is 10.9 Å². The lowest BCUT2D eigenvalue weighted by Crippen LogP contribution is -2.24. The highest BCUT2D eigenvalue weighted by Crippen LogP contribution is 2.20. The fourth-order valence-electron chi connectivity index (χ4n) is 3.01. The van der Waals surface area contributed by atoms with E-state index >= 15 is 0 Å². The number of rotatable bonds is 9. The summed E-state index contributed by atoms with van der Waals surface area (Å²) in [5, 5.41) is 4.09. The first kappa shape index (κ1) is 21.6. The number of amides is 1. The summed E-state index contributed by atoms with van der Waals surface area (Å²) in [7, 11) is 0. The van der Waals surface area contributed by atoms with E-state index < -0.39 is 0 Å². The zero-order valence-electron chi connectivity index (χ0n) is 16.4. The van der Waals surface area contributed by atoms with Gasteiger partial charge in [0, 0.05) is 16.7 Å². The molecule has 2 aromatic carbocycles. The van der Waals surface area contributed by atoms with Gasteiger partial charge in [-0.25, -0.2) is 4.98 Å². The van der Waals surface area contributed by atoms with E-state index in [1.807, 2.05) is 48.5 Å². The number of nitrogens with one attached hydrogen (secondary N) is 1. The van der Waals surface area contributed by atoms with Crippen molar-refractivity contribution in [2.24, 2.45) is 0 Å². The molecule has 152 valence electrons. The summed E-state index contributed by atoms with van der Waals surface area (Å²) in [5.41, 5.74) is 1.36. The van der Waals surface area contributed by atoms with Gasteiger partial charge in [-0.15, -0.1) is 0 Å². The van der Waals surface area contributed by atoms with Gasteiger partial charge in [0.2, 0.25) is 5.91 Å². The molecule has 0 radical (unpaired) electrons. The van der Waals surface area contributed by atoms with Gasteiger partial charge in [0.15, 0.2) is 5.16 Å². The first-order chi connectivity index (χ1) is 14.1. The molecule has 0 spiro atoms. The van der Waals surface area contributed by atoms with E-state index in [2.05, 4.69) is 33.2 Å². The zero-order chi connectivity index (χ0) is 20.6. The molecule has 1 amide bonds. The standard InChI is InChI=1S/C22H24BrN3O2S/c1-2-3-4-7-14-26-21(28)18-8-5-6-9-19(18)25-22(26)29-15-20(27)24-17-12-10-16(23)11-13-17/h5-6,8-13H,2-4,7,14-15H2,1H3,(H,24,27). The van der Waals surface area contributed by atoms with Gasteiger partial charge in [0.1, 0.15) is 0 Å². The molecular weight excluding hydrogens is 450 g/mol.